The normalized spacial score (nSPS) is 10.1. The molecule has 0 radical (unpaired) electrons. The van der Waals surface area contributed by atoms with E-state index in [2.05, 4.69) is 38.5 Å². The monoisotopic (exact) mass is 354 g/mol. The van der Waals surface area contributed by atoms with Crippen LogP contribution in [0.15, 0.2) is 18.2 Å². The largest absolute Gasteiger partial charge is 0.392 e. The van der Waals surface area contributed by atoms with Gasteiger partial charge in [-0.25, -0.2) is 0 Å². The second-order valence-electron chi connectivity index (χ2n) is 2.52. The van der Waals surface area contributed by atoms with Crippen LogP contribution in [0.2, 0.25) is 0 Å². The van der Waals surface area contributed by atoms with Crippen molar-refractivity contribution >= 4 is 44.3 Å². The lowest BCUT2D eigenvalue weighted by Crippen LogP contribution is -2.05. The van der Waals surface area contributed by atoms with Crippen LogP contribution >= 0.6 is 38.5 Å². The predicted octanol–water partition coefficient (Wildman–Crippen LogP) is 2.36. The first-order valence-corrected chi connectivity index (χ1v) is 5.87. The van der Waals surface area contributed by atoms with E-state index in [0.717, 1.165) is 3.57 Å². The van der Waals surface area contributed by atoms with Crippen molar-refractivity contribution in [3.05, 3.63) is 32.9 Å². The Morgan fingerprint density at radius 2 is 2.23 bits per heavy atom. The van der Waals surface area contributed by atoms with E-state index in [1.165, 1.54) is 0 Å². The molecule has 0 aliphatic rings. The fourth-order valence-electron chi connectivity index (χ4n) is 1.04. The van der Waals surface area contributed by atoms with Gasteiger partial charge < -0.3 is 5.11 Å². The van der Waals surface area contributed by atoms with Gasteiger partial charge in [-0.05, 0) is 46.4 Å². The molecule has 70 valence electrons. The zero-order valence-corrected chi connectivity index (χ0v) is 10.5. The number of ketones is 1. The number of hydrogen-bond acceptors (Lipinski definition) is 2. The average Bonchev–Trinajstić information content (AvgIpc) is 2.16. The second-order valence-corrected chi connectivity index (χ2v) is 4.32. The number of alkyl halides is 1. The fraction of sp³-hybridized carbons (Fsp3) is 0.222. The Balaban J connectivity index is 3.13. The van der Waals surface area contributed by atoms with Crippen LogP contribution in [0.3, 0.4) is 0 Å². The zero-order valence-electron chi connectivity index (χ0n) is 6.76. The van der Waals surface area contributed by atoms with Gasteiger partial charge in [0.15, 0.2) is 5.78 Å². The molecule has 4 heteroatoms. The van der Waals surface area contributed by atoms with Crippen molar-refractivity contribution in [1.29, 1.82) is 0 Å². The van der Waals surface area contributed by atoms with Gasteiger partial charge in [0.1, 0.15) is 0 Å². The molecule has 0 aliphatic heterocycles. The summed E-state index contributed by atoms with van der Waals surface area (Å²) in [5, 5.41) is 9.31. The zero-order chi connectivity index (χ0) is 9.84. The highest BCUT2D eigenvalue weighted by Gasteiger charge is 2.09. The maximum Gasteiger partial charge on any atom is 0.173 e. The third-order valence-corrected chi connectivity index (χ3v) is 2.84. The minimum Gasteiger partial charge on any atom is -0.392 e. The van der Waals surface area contributed by atoms with E-state index in [1.54, 1.807) is 6.07 Å². The number of carbonyl (C=O) groups excluding carboxylic acids is 1. The number of hydrogen-bond donors (Lipinski definition) is 1. The number of rotatable bonds is 3. The molecule has 13 heavy (non-hydrogen) atoms. The van der Waals surface area contributed by atoms with Crippen molar-refractivity contribution in [3.63, 3.8) is 0 Å². The minimum absolute atomic E-state index is 0.000417. The first kappa shape index (κ1) is 11.1. The van der Waals surface area contributed by atoms with E-state index in [-0.39, 0.29) is 12.4 Å². The molecule has 0 atom stereocenters. The third kappa shape index (κ3) is 2.75. The van der Waals surface area contributed by atoms with E-state index in [9.17, 15) is 4.79 Å². The van der Waals surface area contributed by atoms with Gasteiger partial charge in [0.05, 0.1) is 11.9 Å². The lowest BCUT2D eigenvalue weighted by Gasteiger charge is -2.04. The van der Waals surface area contributed by atoms with Crippen LogP contribution in [0.5, 0.6) is 0 Å². The summed E-state index contributed by atoms with van der Waals surface area (Å²) in [6.07, 6.45) is 0. The summed E-state index contributed by atoms with van der Waals surface area (Å²) in [6, 6.07) is 5.42. The number of aliphatic hydroxyl groups excluding tert-OH is 1. The summed E-state index contributed by atoms with van der Waals surface area (Å²) in [7, 11) is 0. The SMILES string of the molecule is O=C(CBr)c1ccc(I)cc1CO. The summed E-state index contributed by atoms with van der Waals surface area (Å²) >= 11 is 5.25. The maximum atomic E-state index is 11.3. The van der Waals surface area contributed by atoms with Gasteiger partial charge in [0, 0.05) is 9.13 Å². The van der Waals surface area contributed by atoms with Gasteiger partial charge in [-0.2, -0.15) is 0 Å². The Morgan fingerprint density at radius 1 is 1.54 bits per heavy atom. The minimum atomic E-state index is -0.0923. The van der Waals surface area contributed by atoms with Gasteiger partial charge in [-0.1, -0.05) is 15.9 Å². The molecule has 0 aliphatic carbocycles. The van der Waals surface area contributed by atoms with Crippen molar-refractivity contribution in [2.45, 2.75) is 6.61 Å². The average molecular weight is 355 g/mol. The highest BCUT2D eigenvalue weighted by molar-refractivity contribution is 14.1. The van der Waals surface area contributed by atoms with Crippen LogP contribution in [-0.2, 0) is 6.61 Å². The topological polar surface area (TPSA) is 37.3 Å². The second kappa shape index (κ2) is 5.07. The van der Waals surface area contributed by atoms with Crippen molar-refractivity contribution in [1.82, 2.24) is 0 Å². The third-order valence-electron chi connectivity index (χ3n) is 1.66. The van der Waals surface area contributed by atoms with E-state index in [1.807, 2.05) is 12.1 Å². The number of carbonyl (C=O) groups is 1. The molecule has 0 aromatic heterocycles. The molecule has 1 aromatic carbocycles. The molecular formula is C9H8BrIO2. The molecule has 0 saturated carbocycles. The van der Waals surface area contributed by atoms with E-state index >= 15 is 0 Å². The summed E-state index contributed by atoms with van der Waals surface area (Å²) in [5.74, 6) is 0.000417. The Hall–Kier alpha value is 0.0600. The molecule has 0 bridgehead atoms. The molecule has 0 spiro atoms. The van der Waals surface area contributed by atoms with Crippen LogP contribution in [0.25, 0.3) is 0 Å². The lowest BCUT2D eigenvalue weighted by molar-refractivity contribution is 0.102. The van der Waals surface area contributed by atoms with Gasteiger partial charge >= 0.3 is 0 Å². The molecule has 2 nitrogen and oxygen atoms in total. The Kier molecular flexibility index (Phi) is 4.34. The summed E-state index contributed by atoms with van der Waals surface area (Å²) in [6.45, 7) is -0.0923. The van der Waals surface area contributed by atoms with Gasteiger partial charge in [-0.15, -0.1) is 0 Å². The first-order chi connectivity index (χ1) is 6.19. The van der Waals surface area contributed by atoms with Crippen molar-refractivity contribution in [2.75, 3.05) is 5.33 Å². The van der Waals surface area contributed by atoms with Gasteiger partial charge in [0.25, 0.3) is 0 Å². The van der Waals surface area contributed by atoms with Crippen molar-refractivity contribution in [3.8, 4) is 0 Å². The highest BCUT2D eigenvalue weighted by Crippen LogP contribution is 2.15. The van der Waals surface area contributed by atoms with Crippen molar-refractivity contribution < 1.29 is 9.90 Å². The molecule has 0 amide bonds. The summed E-state index contributed by atoms with van der Waals surface area (Å²) in [4.78, 5) is 11.3. The maximum absolute atomic E-state index is 11.3. The molecule has 1 N–H and O–H groups in total. The van der Waals surface area contributed by atoms with Gasteiger partial charge in [-0.3, -0.25) is 4.79 Å². The van der Waals surface area contributed by atoms with Crippen LogP contribution in [0.4, 0.5) is 0 Å². The molecule has 0 heterocycles. The highest BCUT2D eigenvalue weighted by atomic mass is 127. The molecule has 1 aromatic rings. The fourth-order valence-corrected chi connectivity index (χ4v) is 1.89. The number of Topliss-reactive ketones (excluding diaryl/α,β-unsaturated/α-hetero) is 1. The Bertz CT molecular complexity index is 325. The Labute approximate surface area is 98.6 Å². The van der Waals surface area contributed by atoms with Gasteiger partial charge in [0.2, 0.25) is 0 Å². The molecule has 0 unspecified atom stereocenters. The molecular weight excluding hydrogens is 347 g/mol. The standard InChI is InChI=1S/C9H8BrIO2/c10-4-9(13)8-2-1-7(11)3-6(8)5-12/h1-3,12H,4-5H2. The molecule has 1 rings (SSSR count). The van der Waals surface area contributed by atoms with Crippen LogP contribution in [0, 0.1) is 3.57 Å². The summed E-state index contributed by atoms with van der Waals surface area (Å²) in [5.41, 5.74) is 1.29. The first-order valence-electron chi connectivity index (χ1n) is 3.67. The number of benzene rings is 1. The van der Waals surface area contributed by atoms with E-state index < -0.39 is 0 Å². The molecule has 0 fully saturated rings. The quantitative estimate of drug-likeness (QED) is 0.514. The van der Waals surface area contributed by atoms with Crippen LogP contribution in [-0.4, -0.2) is 16.2 Å². The summed E-state index contributed by atoms with van der Waals surface area (Å²) < 4.78 is 1.02. The Morgan fingerprint density at radius 3 is 2.77 bits per heavy atom. The van der Waals surface area contributed by atoms with Crippen LogP contribution in [0.1, 0.15) is 15.9 Å². The lowest BCUT2D eigenvalue weighted by atomic mass is 10.1. The van der Waals surface area contributed by atoms with E-state index in [4.69, 9.17) is 5.11 Å². The predicted molar refractivity (Wildman–Crippen MR) is 63.2 cm³/mol. The smallest absolute Gasteiger partial charge is 0.173 e. The van der Waals surface area contributed by atoms with Crippen molar-refractivity contribution in [2.24, 2.45) is 0 Å². The number of halogens is 2. The molecule has 0 saturated heterocycles. The van der Waals surface area contributed by atoms with Crippen LogP contribution < -0.4 is 0 Å². The van der Waals surface area contributed by atoms with E-state index in [0.29, 0.717) is 16.5 Å². The number of aliphatic hydroxyl groups is 1.